The largest absolute Gasteiger partial charge is 0.480 e. The van der Waals surface area contributed by atoms with Gasteiger partial charge in [-0.05, 0) is 25.8 Å². The van der Waals surface area contributed by atoms with Crippen LogP contribution in [-0.4, -0.2) is 48.6 Å². The summed E-state index contributed by atoms with van der Waals surface area (Å²) < 4.78 is 0. The number of carbonyl (C=O) groups is 2. The quantitative estimate of drug-likeness (QED) is 0.719. The molecule has 0 atom stereocenters. The molecule has 0 spiro atoms. The van der Waals surface area contributed by atoms with Gasteiger partial charge in [-0.3, -0.25) is 14.5 Å². The SMILES string of the molecule is CN(CC(=O)NCC(=O)O)CC1CCCCC1. The molecule has 1 rings (SSSR count). The summed E-state index contributed by atoms with van der Waals surface area (Å²) in [5.41, 5.74) is 0. The average Bonchev–Trinajstić information content (AvgIpc) is 2.27. The van der Waals surface area contributed by atoms with Gasteiger partial charge in [0.1, 0.15) is 6.54 Å². The summed E-state index contributed by atoms with van der Waals surface area (Å²) in [6, 6.07) is 0. The number of hydrogen-bond acceptors (Lipinski definition) is 3. The monoisotopic (exact) mass is 242 g/mol. The van der Waals surface area contributed by atoms with Gasteiger partial charge in [0.05, 0.1) is 6.54 Å². The van der Waals surface area contributed by atoms with Crippen LogP contribution in [0.3, 0.4) is 0 Å². The first-order valence-corrected chi connectivity index (χ1v) is 6.25. The van der Waals surface area contributed by atoms with Gasteiger partial charge in [-0.25, -0.2) is 0 Å². The smallest absolute Gasteiger partial charge is 0.322 e. The first-order chi connectivity index (χ1) is 8.08. The van der Waals surface area contributed by atoms with Crippen LogP contribution in [0, 0.1) is 5.92 Å². The molecule has 0 aromatic carbocycles. The van der Waals surface area contributed by atoms with Crippen molar-refractivity contribution in [3.8, 4) is 0 Å². The molecule has 0 radical (unpaired) electrons. The maximum absolute atomic E-state index is 11.4. The molecule has 5 nitrogen and oxygen atoms in total. The number of hydrogen-bond donors (Lipinski definition) is 2. The normalized spacial score (nSPS) is 17.1. The van der Waals surface area contributed by atoms with Crippen molar-refractivity contribution < 1.29 is 14.7 Å². The number of likely N-dealkylation sites (N-methyl/N-ethyl adjacent to an activating group) is 1. The van der Waals surface area contributed by atoms with Crippen molar-refractivity contribution in [1.29, 1.82) is 0 Å². The standard InChI is InChI=1S/C12H22N2O3/c1-14(8-10-5-3-2-4-6-10)9-11(15)13-7-12(16)17/h10H,2-9H2,1H3,(H,13,15)(H,16,17). The molecule has 98 valence electrons. The van der Waals surface area contributed by atoms with Crippen LogP contribution in [0.1, 0.15) is 32.1 Å². The minimum atomic E-state index is -1.01. The summed E-state index contributed by atoms with van der Waals surface area (Å²) in [7, 11) is 1.91. The zero-order valence-electron chi connectivity index (χ0n) is 10.4. The second-order valence-electron chi connectivity index (χ2n) is 4.87. The summed E-state index contributed by atoms with van der Waals surface area (Å²) in [5, 5.41) is 10.8. The number of nitrogens with one attached hydrogen (secondary N) is 1. The third kappa shape index (κ3) is 6.26. The molecule has 1 fully saturated rings. The molecule has 1 aliphatic rings. The Balaban J connectivity index is 2.16. The Morgan fingerprint density at radius 2 is 1.94 bits per heavy atom. The Morgan fingerprint density at radius 3 is 2.53 bits per heavy atom. The molecular formula is C12H22N2O3. The lowest BCUT2D eigenvalue weighted by atomic mass is 9.89. The van der Waals surface area contributed by atoms with Crippen molar-refractivity contribution in [2.75, 3.05) is 26.7 Å². The third-order valence-corrected chi connectivity index (χ3v) is 3.14. The Labute approximate surface area is 102 Å². The highest BCUT2D eigenvalue weighted by atomic mass is 16.4. The molecule has 0 aromatic heterocycles. The molecule has 0 heterocycles. The van der Waals surface area contributed by atoms with Crippen LogP contribution in [-0.2, 0) is 9.59 Å². The van der Waals surface area contributed by atoms with Gasteiger partial charge in [-0.2, -0.15) is 0 Å². The summed E-state index contributed by atoms with van der Waals surface area (Å²) in [5.74, 6) is -0.528. The van der Waals surface area contributed by atoms with Gasteiger partial charge in [0, 0.05) is 6.54 Å². The first kappa shape index (κ1) is 14.0. The van der Waals surface area contributed by atoms with Crippen LogP contribution in [0.15, 0.2) is 0 Å². The van der Waals surface area contributed by atoms with Crippen molar-refractivity contribution in [1.82, 2.24) is 10.2 Å². The lowest BCUT2D eigenvalue weighted by Crippen LogP contribution is -2.39. The summed E-state index contributed by atoms with van der Waals surface area (Å²) >= 11 is 0. The number of amides is 1. The molecule has 5 heteroatoms. The Kier molecular flexibility index (Phi) is 5.97. The summed E-state index contributed by atoms with van der Waals surface area (Å²) in [4.78, 5) is 23.6. The molecule has 0 unspecified atom stereocenters. The first-order valence-electron chi connectivity index (χ1n) is 6.25. The minimum absolute atomic E-state index is 0.217. The number of carbonyl (C=O) groups excluding carboxylic acids is 1. The molecule has 1 saturated carbocycles. The van der Waals surface area contributed by atoms with E-state index < -0.39 is 5.97 Å². The third-order valence-electron chi connectivity index (χ3n) is 3.14. The highest BCUT2D eigenvalue weighted by Gasteiger charge is 2.16. The zero-order chi connectivity index (χ0) is 12.7. The Bertz CT molecular complexity index is 262. The molecule has 0 bridgehead atoms. The molecular weight excluding hydrogens is 220 g/mol. The molecule has 0 saturated heterocycles. The fourth-order valence-corrected chi connectivity index (χ4v) is 2.35. The van der Waals surface area contributed by atoms with Gasteiger partial charge in [-0.1, -0.05) is 19.3 Å². The molecule has 0 aromatic rings. The molecule has 2 N–H and O–H groups in total. The van der Waals surface area contributed by atoms with E-state index in [0.717, 1.165) is 6.54 Å². The van der Waals surface area contributed by atoms with Gasteiger partial charge in [0.15, 0.2) is 0 Å². The van der Waals surface area contributed by atoms with Gasteiger partial charge < -0.3 is 10.4 Å². The molecule has 1 amide bonds. The van der Waals surface area contributed by atoms with Gasteiger partial charge >= 0.3 is 5.97 Å². The number of rotatable bonds is 6. The topological polar surface area (TPSA) is 69.6 Å². The van der Waals surface area contributed by atoms with Crippen LogP contribution < -0.4 is 5.32 Å². The van der Waals surface area contributed by atoms with Crippen LogP contribution in [0.2, 0.25) is 0 Å². The maximum atomic E-state index is 11.4. The van der Waals surface area contributed by atoms with Gasteiger partial charge in [0.25, 0.3) is 0 Å². The van der Waals surface area contributed by atoms with Crippen molar-refractivity contribution in [3.05, 3.63) is 0 Å². The maximum Gasteiger partial charge on any atom is 0.322 e. The van der Waals surface area contributed by atoms with Gasteiger partial charge in [-0.15, -0.1) is 0 Å². The van der Waals surface area contributed by atoms with Crippen molar-refractivity contribution in [3.63, 3.8) is 0 Å². The lowest BCUT2D eigenvalue weighted by molar-refractivity contribution is -0.138. The fraction of sp³-hybridized carbons (Fsp3) is 0.833. The summed E-state index contributed by atoms with van der Waals surface area (Å²) in [6.07, 6.45) is 6.43. The number of aliphatic carboxylic acids is 1. The van der Waals surface area contributed by atoms with E-state index in [2.05, 4.69) is 5.32 Å². The van der Waals surface area contributed by atoms with Crippen LogP contribution in [0.4, 0.5) is 0 Å². The Morgan fingerprint density at radius 1 is 1.29 bits per heavy atom. The second kappa shape index (κ2) is 7.27. The fourth-order valence-electron chi connectivity index (χ4n) is 2.35. The van der Waals surface area contributed by atoms with Crippen molar-refractivity contribution in [2.45, 2.75) is 32.1 Å². The summed E-state index contributed by atoms with van der Waals surface area (Å²) in [6.45, 7) is 0.917. The van der Waals surface area contributed by atoms with Crippen molar-refractivity contribution >= 4 is 11.9 Å². The lowest BCUT2D eigenvalue weighted by Gasteiger charge is -2.26. The van der Waals surface area contributed by atoms with Crippen LogP contribution in [0.25, 0.3) is 0 Å². The van der Waals surface area contributed by atoms with E-state index in [0.29, 0.717) is 5.92 Å². The van der Waals surface area contributed by atoms with Gasteiger partial charge in [0.2, 0.25) is 5.91 Å². The average molecular weight is 242 g/mol. The van der Waals surface area contributed by atoms with E-state index in [1.54, 1.807) is 0 Å². The minimum Gasteiger partial charge on any atom is -0.480 e. The number of nitrogens with zero attached hydrogens (tertiary/aromatic N) is 1. The number of carboxylic acid groups (broad SMARTS) is 1. The zero-order valence-corrected chi connectivity index (χ0v) is 10.4. The van der Waals surface area contributed by atoms with E-state index in [-0.39, 0.29) is 19.0 Å². The molecule has 17 heavy (non-hydrogen) atoms. The van der Waals surface area contributed by atoms with E-state index in [1.807, 2.05) is 11.9 Å². The van der Waals surface area contributed by atoms with Crippen LogP contribution >= 0.6 is 0 Å². The Hall–Kier alpha value is -1.10. The van der Waals surface area contributed by atoms with Crippen LogP contribution in [0.5, 0.6) is 0 Å². The van der Waals surface area contributed by atoms with E-state index >= 15 is 0 Å². The van der Waals surface area contributed by atoms with Crippen molar-refractivity contribution in [2.24, 2.45) is 5.92 Å². The number of carboxylic acids is 1. The van der Waals surface area contributed by atoms with E-state index in [9.17, 15) is 9.59 Å². The van der Waals surface area contributed by atoms with E-state index in [4.69, 9.17) is 5.11 Å². The predicted molar refractivity (Wildman–Crippen MR) is 64.7 cm³/mol. The molecule has 1 aliphatic carbocycles. The molecule has 0 aliphatic heterocycles. The predicted octanol–water partition coefficient (Wildman–Crippen LogP) is 0.699. The highest BCUT2D eigenvalue weighted by molar-refractivity contribution is 5.82. The highest BCUT2D eigenvalue weighted by Crippen LogP contribution is 2.23. The van der Waals surface area contributed by atoms with E-state index in [1.165, 1.54) is 32.1 Å². The second-order valence-corrected chi connectivity index (χ2v) is 4.87.